The Morgan fingerprint density at radius 2 is 1.14 bits per heavy atom. The predicted molar refractivity (Wildman–Crippen MR) is 182 cm³/mol. The van der Waals surface area contributed by atoms with Crippen molar-refractivity contribution in [3.05, 3.63) is 116 Å². The first kappa shape index (κ1) is 40.7. The van der Waals surface area contributed by atoms with Crippen LogP contribution in [0.25, 0.3) is 22.3 Å². The number of esters is 4. The zero-order valence-corrected chi connectivity index (χ0v) is 28.1. The lowest BCUT2D eigenvalue weighted by molar-refractivity contribution is -0.141. The molecule has 0 aliphatic carbocycles. The molecule has 0 saturated carbocycles. The van der Waals surface area contributed by atoms with Crippen molar-refractivity contribution < 1.29 is 60.8 Å². The topological polar surface area (TPSA) is 132 Å². The van der Waals surface area contributed by atoms with E-state index in [9.17, 15) is 32.3 Å². The highest BCUT2D eigenvalue weighted by Crippen LogP contribution is 2.46. The highest BCUT2D eigenvalue weighted by molar-refractivity contribution is 5.95. The van der Waals surface area contributed by atoms with E-state index in [1.807, 2.05) is 0 Å². The number of carbonyl (C=O) groups excluding carboxylic acids is 5. The molecule has 0 atom stereocenters. The van der Waals surface area contributed by atoms with Crippen molar-refractivity contribution in [3.63, 3.8) is 0 Å². The van der Waals surface area contributed by atoms with E-state index in [0.29, 0.717) is 18.4 Å². The van der Waals surface area contributed by atoms with Gasteiger partial charge in [0, 0.05) is 40.5 Å². The maximum absolute atomic E-state index is 14.1. The number of halogens is 3. The summed E-state index contributed by atoms with van der Waals surface area (Å²) in [6, 6.07) is 9.55. The second kappa shape index (κ2) is 17.8. The Bertz CT molecular complexity index is 1880. The number of benzene rings is 3. The molecular formula is C38H33F3O10. The first-order chi connectivity index (χ1) is 23.9. The number of allylic oxidation sites excluding steroid dienone is 1. The number of carbonyl (C=O) groups is 5. The molecule has 10 nitrogen and oxygen atoms in total. The van der Waals surface area contributed by atoms with Gasteiger partial charge in [0.1, 0.15) is 35.0 Å². The van der Waals surface area contributed by atoms with Gasteiger partial charge in [0.2, 0.25) is 0 Å². The monoisotopic (exact) mass is 706 g/mol. The summed E-state index contributed by atoms with van der Waals surface area (Å²) in [5.41, 5.74) is -1.17. The normalized spacial score (nSPS) is 10.3. The van der Waals surface area contributed by atoms with E-state index in [1.54, 1.807) is 0 Å². The minimum Gasteiger partial charge on any atom is -0.496 e. The van der Waals surface area contributed by atoms with Gasteiger partial charge in [-0.25, -0.2) is 19.2 Å². The summed E-state index contributed by atoms with van der Waals surface area (Å²) in [7, 11) is 1.33. The van der Waals surface area contributed by atoms with E-state index in [4.69, 9.17) is 28.5 Å². The van der Waals surface area contributed by atoms with Crippen LogP contribution < -0.4 is 23.7 Å². The van der Waals surface area contributed by atoms with Crippen LogP contribution in [0.1, 0.15) is 26.3 Å². The Morgan fingerprint density at radius 1 is 0.667 bits per heavy atom. The van der Waals surface area contributed by atoms with Gasteiger partial charge >= 0.3 is 30.1 Å². The van der Waals surface area contributed by atoms with Crippen LogP contribution in [0.2, 0.25) is 0 Å². The minimum atomic E-state index is -4.95. The Labute approximate surface area is 291 Å². The third-order valence-corrected chi connectivity index (χ3v) is 6.27. The lowest BCUT2D eigenvalue weighted by atomic mass is 9.96. The molecule has 3 aromatic carbocycles. The fourth-order valence-corrected chi connectivity index (χ4v) is 3.85. The minimum absolute atomic E-state index is 0.00456. The van der Waals surface area contributed by atoms with Crippen LogP contribution >= 0.6 is 0 Å². The Hall–Kier alpha value is -6.50. The van der Waals surface area contributed by atoms with Crippen LogP contribution in [0.15, 0.2) is 110 Å². The SMILES string of the molecule is C=CC(=O)Oc1ccc(-c2ccc(-c3c(OC(=O)C(=C)C)cc(OC)cc3OC(=O)C(=C)C)cc2OC(=O)C(=C)C)cc1C(F)(F)F.C=CC=O. The summed E-state index contributed by atoms with van der Waals surface area (Å²) in [5.74, 6) is -4.87. The van der Waals surface area contributed by atoms with Crippen LogP contribution in [0.4, 0.5) is 13.2 Å². The molecule has 0 saturated heterocycles. The standard InChI is InChI=1S/C35H29F3O9.C3H4O/c1-9-30(39)44-26-13-11-21(14-25(26)35(36,37)38)24-12-10-22(15-27(24)45-32(40)18(2)3)31-28(46-33(41)19(4)5)16-23(43-8)17-29(31)47-34(42)20(6)7;1-2-3-4/h9-17H,1-2,4,6H2,3,5,7-8H3;2-3H,1H2. The molecule has 266 valence electrons. The third kappa shape index (κ3) is 11.0. The molecule has 0 aliphatic heterocycles. The Morgan fingerprint density at radius 3 is 1.55 bits per heavy atom. The van der Waals surface area contributed by atoms with Gasteiger partial charge in [-0.05, 0) is 56.2 Å². The van der Waals surface area contributed by atoms with E-state index < -0.39 is 41.4 Å². The van der Waals surface area contributed by atoms with Crippen LogP contribution in [0.3, 0.4) is 0 Å². The predicted octanol–water partition coefficient (Wildman–Crippen LogP) is 7.96. The highest BCUT2D eigenvalue weighted by atomic mass is 19.4. The first-order valence-electron chi connectivity index (χ1n) is 14.5. The Kier molecular flexibility index (Phi) is 14.2. The van der Waals surface area contributed by atoms with Gasteiger partial charge < -0.3 is 23.7 Å². The van der Waals surface area contributed by atoms with Crippen molar-refractivity contribution in [2.24, 2.45) is 0 Å². The lowest BCUT2D eigenvalue weighted by Gasteiger charge is -2.19. The second-order valence-electron chi connectivity index (χ2n) is 10.4. The quantitative estimate of drug-likeness (QED) is 0.0791. The molecule has 0 fully saturated rings. The summed E-state index contributed by atoms with van der Waals surface area (Å²) >= 11 is 0. The third-order valence-electron chi connectivity index (χ3n) is 6.27. The smallest absolute Gasteiger partial charge is 0.420 e. The average Bonchev–Trinajstić information content (AvgIpc) is 3.07. The van der Waals surface area contributed by atoms with Crippen molar-refractivity contribution in [2.45, 2.75) is 26.9 Å². The molecule has 0 spiro atoms. The van der Waals surface area contributed by atoms with Gasteiger partial charge in [0.15, 0.2) is 0 Å². The number of aldehydes is 1. The molecule has 3 aromatic rings. The van der Waals surface area contributed by atoms with Crippen molar-refractivity contribution in [2.75, 3.05) is 7.11 Å². The van der Waals surface area contributed by atoms with E-state index in [0.717, 1.165) is 6.07 Å². The van der Waals surface area contributed by atoms with Crippen molar-refractivity contribution >= 4 is 30.2 Å². The highest BCUT2D eigenvalue weighted by Gasteiger charge is 2.36. The molecule has 3 rings (SSSR count). The zero-order chi connectivity index (χ0) is 38.6. The summed E-state index contributed by atoms with van der Waals surface area (Å²) in [5, 5.41) is 0. The number of hydrogen-bond donors (Lipinski definition) is 0. The summed E-state index contributed by atoms with van der Waals surface area (Å²) < 4.78 is 68.9. The molecule has 0 amide bonds. The van der Waals surface area contributed by atoms with Crippen molar-refractivity contribution in [3.8, 4) is 51.0 Å². The molecule has 0 N–H and O–H groups in total. The molecule has 0 bridgehead atoms. The second-order valence-corrected chi connectivity index (χ2v) is 10.4. The van der Waals surface area contributed by atoms with Crippen LogP contribution in [-0.4, -0.2) is 37.3 Å². The lowest BCUT2D eigenvalue weighted by Crippen LogP contribution is -2.13. The molecular weight excluding hydrogens is 673 g/mol. The number of alkyl halides is 3. The van der Waals surface area contributed by atoms with Crippen LogP contribution in [0.5, 0.6) is 28.7 Å². The molecule has 13 heteroatoms. The molecule has 51 heavy (non-hydrogen) atoms. The summed E-state index contributed by atoms with van der Waals surface area (Å²) in [6.45, 7) is 21.2. The molecule has 0 unspecified atom stereocenters. The van der Waals surface area contributed by atoms with E-state index in [-0.39, 0.29) is 62.0 Å². The van der Waals surface area contributed by atoms with Gasteiger partial charge in [-0.2, -0.15) is 13.2 Å². The summed E-state index contributed by atoms with van der Waals surface area (Å²) in [6.07, 6.45) is -2.40. The zero-order valence-electron chi connectivity index (χ0n) is 28.1. The maximum Gasteiger partial charge on any atom is 0.420 e. The summed E-state index contributed by atoms with van der Waals surface area (Å²) in [4.78, 5) is 58.6. The van der Waals surface area contributed by atoms with Crippen molar-refractivity contribution in [1.29, 1.82) is 0 Å². The van der Waals surface area contributed by atoms with Crippen LogP contribution in [-0.2, 0) is 30.1 Å². The van der Waals surface area contributed by atoms with Gasteiger partial charge in [-0.15, -0.1) is 0 Å². The first-order valence-corrected chi connectivity index (χ1v) is 14.5. The number of methoxy groups -OCH3 is 1. The van der Waals surface area contributed by atoms with E-state index in [2.05, 4.69) is 32.9 Å². The molecule has 0 radical (unpaired) electrons. The fourth-order valence-electron chi connectivity index (χ4n) is 3.85. The number of ether oxygens (including phenoxy) is 5. The fraction of sp³-hybridized carbons (Fsp3) is 0.132. The largest absolute Gasteiger partial charge is 0.496 e. The average molecular weight is 707 g/mol. The molecule has 0 aliphatic rings. The van der Waals surface area contributed by atoms with Crippen LogP contribution in [0, 0.1) is 0 Å². The van der Waals surface area contributed by atoms with Crippen molar-refractivity contribution in [1.82, 2.24) is 0 Å². The number of hydrogen-bond acceptors (Lipinski definition) is 10. The Balaban J connectivity index is 0.00000213. The van der Waals surface area contributed by atoms with E-state index in [1.165, 1.54) is 70.4 Å². The van der Waals surface area contributed by atoms with Gasteiger partial charge in [0.25, 0.3) is 0 Å². The van der Waals surface area contributed by atoms with E-state index >= 15 is 0 Å². The molecule has 0 aromatic heterocycles. The molecule has 0 heterocycles. The number of rotatable bonds is 12. The maximum atomic E-state index is 14.1. The van der Waals surface area contributed by atoms with Gasteiger partial charge in [0.05, 0.1) is 18.2 Å². The van der Waals surface area contributed by atoms with Gasteiger partial charge in [-0.1, -0.05) is 51.1 Å². The van der Waals surface area contributed by atoms with Gasteiger partial charge in [-0.3, -0.25) is 4.79 Å².